The predicted octanol–water partition coefficient (Wildman–Crippen LogP) is 2.34. The summed E-state index contributed by atoms with van der Waals surface area (Å²) >= 11 is 0. The molecule has 0 aliphatic rings. The first-order valence-electron chi connectivity index (χ1n) is 4.75. The quantitative estimate of drug-likeness (QED) is 0.787. The van der Waals surface area contributed by atoms with Crippen molar-refractivity contribution in [3.05, 3.63) is 29.1 Å². The number of hydrogen-bond donors (Lipinski definition) is 0. The van der Waals surface area contributed by atoms with Gasteiger partial charge < -0.3 is 4.74 Å². The molecule has 0 saturated carbocycles. The topological polar surface area (TPSA) is 50.1 Å². The molecule has 16 heavy (non-hydrogen) atoms. The number of hydrogen-bond acceptors (Lipinski definition) is 3. The second kappa shape index (κ2) is 4.75. The molecule has 0 bridgehead atoms. The average molecular weight is 221 g/mol. The van der Waals surface area contributed by atoms with Gasteiger partial charge in [0, 0.05) is 0 Å². The van der Waals surface area contributed by atoms with E-state index in [1.54, 1.807) is 6.92 Å². The van der Waals surface area contributed by atoms with Gasteiger partial charge >= 0.3 is 0 Å². The van der Waals surface area contributed by atoms with E-state index < -0.39 is 11.7 Å². The first kappa shape index (κ1) is 12.2. The van der Waals surface area contributed by atoms with E-state index in [1.807, 2.05) is 6.07 Å². The minimum atomic E-state index is -0.916. The van der Waals surface area contributed by atoms with Crippen molar-refractivity contribution in [2.45, 2.75) is 19.8 Å². The third kappa shape index (κ3) is 2.19. The van der Waals surface area contributed by atoms with E-state index in [0.29, 0.717) is 11.1 Å². The monoisotopic (exact) mass is 221 g/mol. The largest absolute Gasteiger partial charge is 0.494 e. The number of methoxy groups -OCH3 is 1. The molecule has 84 valence electrons. The molecule has 0 heterocycles. The molecule has 1 aromatic carbocycles. The average Bonchev–Trinajstić information content (AvgIpc) is 2.23. The van der Waals surface area contributed by atoms with Crippen LogP contribution in [-0.4, -0.2) is 12.9 Å². The van der Waals surface area contributed by atoms with Crippen LogP contribution in [0.15, 0.2) is 12.1 Å². The predicted molar refractivity (Wildman–Crippen MR) is 56.7 cm³/mol. The van der Waals surface area contributed by atoms with E-state index in [2.05, 4.69) is 0 Å². The van der Waals surface area contributed by atoms with Gasteiger partial charge in [-0.15, -0.1) is 0 Å². The van der Waals surface area contributed by atoms with E-state index in [-0.39, 0.29) is 11.5 Å². The van der Waals surface area contributed by atoms with Crippen molar-refractivity contribution in [1.29, 1.82) is 5.26 Å². The van der Waals surface area contributed by atoms with Gasteiger partial charge in [0.2, 0.25) is 0 Å². The Labute approximate surface area is 93.5 Å². The lowest BCUT2D eigenvalue weighted by molar-refractivity contribution is -0.117. The van der Waals surface area contributed by atoms with E-state index in [0.717, 1.165) is 0 Å². The minimum Gasteiger partial charge on any atom is -0.494 e. The highest BCUT2D eigenvalue weighted by atomic mass is 19.1. The smallest absolute Gasteiger partial charge is 0.165 e. The van der Waals surface area contributed by atoms with Crippen molar-refractivity contribution in [2.24, 2.45) is 0 Å². The minimum absolute atomic E-state index is 0.112. The Bertz CT molecular complexity index is 463. The summed E-state index contributed by atoms with van der Waals surface area (Å²) in [5.41, 5.74) is 1.06. The summed E-state index contributed by atoms with van der Waals surface area (Å²) in [6, 6.07) is 4.53. The van der Waals surface area contributed by atoms with Gasteiger partial charge in [-0.05, 0) is 37.1 Å². The van der Waals surface area contributed by atoms with Gasteiger partial charge in [0.15, 0.2) is 17.3 Å². The summed E-state index contributed by atoms with van der Waals surface area (Å²) in [4.78, 5) is 11.2. The summed E-state index contributed by atoms with van der Waals surface area (Å²) < 4.78 is 18.3. The number of halogens is 1. The molecule has 0 spiro atoms. The first-order chi connectivity index (χ1) is 7.51. The molecule has 0 amide bonds. The molecular formula is C12H12FNO2. The van der Waals surface area contributed by atoms with Crippen molar-refractivity contribution in [3.63, 3.8) is 0 Å². The van der Waals surface area contributed by atoms with Crippen LogP contribution in [0.1, 0.15) is 24.0 Å². The van der Waals surface area contributed by atoms with E-state index in [4.69, 9.17) is 10.00 Å². The Hall–Kier alpha value is -1.89. The maximum Gasteiger partial charge on any atom is 0.165 e. The van der Waals surface area contributed by atoms with E-state index >= 15 is 0 Å². The Morgan fingerprint density at radius 1 is 1.56 bits per heavy atom. The zero-order chi connectivity index (χ0) is 12.3. The van der Waals surface area contributed by atoms with Crippen LogP contribution in [0.3, 0.4) is 0 Å². The van der Waals surface area contributed by atoms with Crippen LogP contribution in [-0.2, 0) is 4.79 Å². The summed E-state index contributed by atoms with van der Waals surface area (Å²) in [5, 5.41) is 8.87. The lowest BCUT2D eigenvalue weighted by Gasteiger charge is -2.11. The van der Waals surface area contributed by atoms with Crippen molar-refractivity contribution < 1.29 is 13.9 Å². The number of carbonyl (C=O) groups excluding carboxylic acids is 1. The Morgan fingerprint density at radius 2 is 2.19 bits per heavy atom. The van der Waals surface area contributed by atoms with Crippen LogP contribution in [0.5, 0.6) is 5.75 Å². The number of ether oxygens (including phenoxy) is 1. The Kier molecular flexibility index (Phi) is 3.62. The van der Waals surface area contributed by atoms with Gasteiger partial charge in [0.05, 0.1) is 13.2 Å². The fourth-order valence-electron chi connectivity index (χ4n) is 1.52. The highest BCUT2D eigenvalue weighted by Gasteiger charge is 2.20. The van der Waals surface area contributed by atoms with Gasteiger partial charge in [-0.3, -0.25) is 4.79 Å². The van der Waals surface area contributed by atoms with Gasteiger partial charge in [-0.2, -0.15) is 5.26 Å². The van der Waals surface area contributed by atoms with Crippen molar-refractivity contribution in [3.8, 4) is 11.8 Å². The second-order valence-corrected chi connectivity index (χ2v) is 3.52. The van der Waals surface area contributed by atoms with Crippen LogP contribution in [0.25, 0.3) is 0 Å². The lowest BCUT2D eigenvalue weighted by atomic mass is 9.93. The molecule has 0 aromatic heterocycles. The molecule has 1 rings (SSSR count). The molecule has 0 saturated heterocycles. The molecule has 4 heteroatoms. The molecule has 0 fully saturated rings. The van der Waals surface area contributed by atoms with Crippen LogP contribution in [0, 0.1) is 24.1 Å². The van der Waals surface area contributed by atoms with Crippen LogP contribution in [0.2, 0.25) is 0 Å². The fraction of sp³-hybridized carbons (Fsp3) is 0.333. The maximum atomic E-state index is 13.4. The van der Waals surface area contributed by atoms with Crippen molar-refractivity contribution in [2.75, 3.05) is 7.11 Å². The molecule has 0 aliphatic heterocycles. The third-order valence-corrected chi connectivity index (χ3v) is 2.39. The third-order valence-electron chi connectivity index (χ3n) is 2.39. The molecule has 1 atom stereocenters. The van der Waals surface area contributed by atoms with Gasteiger partial charge in [-0.1, -0.05) is 0 Å². The number of carbonyl (C=O) groups is 1. The number of Topliss-reactive ketones (excluding diaryl/α,β-unsaturated/α-hetero) is 1. The summed E-state index contributed by atoms with van der Waals surface area (Å²) in [7, 11) is 1.37. The summed E-state index contributed by atoms with van der Waals surface area (Å²) in [6.07, 6.45) is 0. The number of aryl methyl sites for hydroxylation is 1. The normalized spacial score (nSPS) is 11.7. The number of ketones is 1. The Morgan fingerprint density at radius 3 is 2.62 bits per heavy atom. The Balaban J connectivity index is 3.31. The van der Waals surface area contributed by atoms with E-state index in [1.165, 1.54) is 26.2 Å². The zero-order valence-corrected chi connectivity index (χ0v) is 9.37. The fourth-order valence-corrected chi connectivity index (χ4v) is 1.52. The molecular weight excluding hydrogens is 209 g/mol. The van der Waals surface area contributed by atoms with Gasteiger partial charge in [0.25, 0.3) is 0 Å². The van der Waals surface area contributed by atoms with Crippen LogP contribution >= 0.6 is 0 Å². The number of benzene rings is 1. The molecule has 0 N–H and O–H groups in total. The zero-order valence-electron chi connectivity index (χ0n) is 9.37. The van der Waals surface area contributed by atoms with Gasteiger partial charge in [0.1, 0.15) is 5.92 Å². The standard InChI is InChI=1S/C12H12FNO2/c1-7-4-12(16-3)11(13)5-9(7)10(6-14)8(2)15/h4-5,10H,1-3H3. The summed E-state index contributed by atoms with van der Waals surface area (Å²) in [5.74, 6) is -1.67. The molecule has 0 aliphatic carbocycles. The van der Waals surface area contributed by atoms with Crippen LogP contribution < -0.4 is 4.74 Å². The second-order valence-electron chi connectivity index (χ2n) is 3.52. The van der Waals surface area contributed by atoms with E-state index in [9.17, 15) is 9.18 Å². The number of nitrogens with zero attached hydrogens (tertiary/aromatic N) is 1. The molecule has 1 aromatic rings. The molecule has 3 nitrogen and oxygen atoms in total. The maximum absolute atomic E-state index is 13.4. The van der Waals surface area contributed by atoms with Crippen molar-refractivity contribution in [1.82, 2.24) is 0 Å². The number of nitriles is 1. The molecule has 1 unspecified atom stereocenters. The SMILES string of the molecule is COc1cc(C)c(C(C#N)C(C)=O)cc1F. The molecule has 0 radical (unpaired) electrons. The first-order valence-corrected chi connectivity index (χ1v) is 4.75. The highest BCUT2D eigenvalue weighted by Crippen LogP contribution is 2.27. The van der Waals surface area contributed by atoms with Gasteiger partial charge in [-0.25, -0.2) is 4.39 Å². The summed E-state index contributed by atoms with van der Waals surface area (Å²) in [6.45, 7) is 3.03. The lowest BCUT2D eigenvalue weighted by Crippen LogP contribution is -2.09. The van der Waals surface area contributed by atoms with Crippen LogP contribution in [0.4, 0.5) is 4.39 Å². The van der Waals surface area contributed by atoms with Crippen molar-refractivity contribution >= 4 is 5.78 Å². The number of rotatable bonds is 3. The highest BCUT2D eigenvalue weighted by molar-refractivity contribution is 5.86.